The van der Waals surface area contributed by atoms with Crippen LogP contribution < -0.4 is 0 Å². The number of benzene rings is 1. The number of ketones is 1. The molecule has 2 saturated carbocycles. The summed E-state index contributed by atoms with van der Waals surface area (Å²) in [5, 5.41) is 1.20. The largest absolute Gasteiger partial charge is 0.294 e. The van der Waals surface area contributed by atoms with E-state index in [0.29, 0.717) is 33.0 Å². The average Bonchev–Trinajstić information content (AvgIpc) is 2.89. The van der Waals surface area contributed by atoms with Gasteiger partial charge in [0.25, 0.3) is 0 Å². The number of Topliss-reactive ketones (excluding diaryl/α,β-unsaturated/α-hetero) is 1. The predicted octanol–water partition coefficient (Wildman–Crippen LogP) is 5.66. The number of hydrogen-bond acceptors (Lipinski definition) is 1. The molecule has 0 saturated heterocycles. The van der Waals surface area contributed by atoms with Gasteiger partial charge in [-0.05, 0) is 49.1 Å². The third-order valence-electron chi connectivity index (χ3n) is 4.62. The quantitative estimate of drug-likeness (QED) is 0.658. The number of halogens is 3. The van der Waals surface area contributed by atoms with E-state index in [4.69, 9.17) is 34.8 Å². The van der Waals surface area contributed by atoms with Gasteiger partial charge in [0.05, 0.1) is 15.6 Å². The van der Waals surface area contributed by atoms with Crippen molar-refractivity contribution in [3.8, 4) is 0 Å². The maximum absolute atomic E-state index is 12.4. The minimum atomic E-state index is 0.0595. The van der Waals surface area contributed by atoms with Crippen LogP contribution in [-0.2, 0) is 0 Å². The van der Waals surface area contributed by atoms with Crippen LogP contribution in [0.2, 0.25) is 15.1 Å². The second-order valence-electron chi connectivity index (χ2n) is 5.81. The summed E-state index contributed by atoms with van der Waals surface area (Å²) in [7, 11) is 0. The van der Waals surface area contributed by atoms with Gasteiger partial charge in [-0.1, -0.05) is 41.2 Å². The predicted molar refractivity (Wildman–Crippen MR) is 79.4 cm³/mol. The molecule has 1 aromatic rings. The highest BCUT2D eigenvalue weighted by Gasteiger charge is 2.40. The van der Waals surface area contributed by atoms with Gasteiger partial charge in [-0.3, -0.25) is 4.79 Å². The molecule has 0 aliphatic heterocycles. The molecule has 1 aromatic carbocycles. The molecule has 0 spiro atoms. The Morgan fingerprint density at radius 3 is 2.32 bits per heavy atom. The van der Waals surface area contributed by atoms with Crippen LogP contribution in [0.25, 0.3) is 0 Å². The van der Waals surface area contributed by atoms with Gasteiger partial charge in [-0.15, -0.1) is 0 Å². The summed E-state index contributed by atoms with van der Waals surface area (Å²) >= 11 is 18.1. The summed E-state index contributed by atoms with van der Waals surface area (Å²) < 4.78 is 0. The molecule has 0 aromatic heterocycles. The van der Waals surface area contributed by atoms with Crippen molar-refractivity contribution in [3.05, 3.63) is 32.8 Å². The molecular weight excluding hydrogens is 303 g/mol. The van der Waals surface area contributed by atoms with Crippen LogP contribution in [-0.4, -0.2) is 5.78 Å². The molecule has 3 atom stereocenters. The maximum Gasteiger partial charge on any atom is 0.166 e. The third kappa shape index (κ3) is 2.66. The third-order valence-corrected chi connectivity index (χ3v) is 5.43. The van der Waals surface area contributed by atoms with Crippen molar-refractivity contribution in [2.45, 2.75) is 32.1 Å². The molecular formula is C15H15Cl3O. The van der Waals surface area contributed by atoms with Gasteiger partial charge in [0.15, 0.2) is 5.78 Å². The van der Waals surface area contributed by atoms with Crippen LogP contribution in [0.15, 0.2) is 12.1 Å². The molecule has 19 heavy (non-hydrogen) atoms. The Kier molecular flexibility index (Phi) is 3.81. The summed E-state index contributed by atoms with van der Waals surface area (Å²) in [5.41, 5.74) is 0.440. The lowest BCUT2D eigenvalue weighted by molar-refractivity contribution is 0.0944. The maximum atomic E-state index is 12.4. The van der Waals surface area contributed by atoms with Gasteiger partial charge in [-0.2, -0.15) is 0 Å². The highest BCUT2D eigenvalue weighted by atomic mass is 35.5. The van der Waals surface area contributed by atoms with Crippen molar-refractivity contribution in [2.75, 3.05) is 0 Å². The van der Waals surface area contributed by atoms with Crippen LogP contribution in [0, 0.1) is 17.8 Å². The number of fused-ring (bicyclic) bond motifs is 2. The summed E-state index contributed by atoms with van der Waals surface area (Å²) in [5.74, 6) is 2.16. The van der Waals surface area contributed by atoms with E-state index in [1.54, 1.807) is 12.1 Å². The molecule has 0 N–H and O–H groups in total. The number of carbonyl (C=O) groups is 1. The average molecular weight is 318 g/mol. The number of carbonyl (C=O) groups excluding carboxylic acids is 1. The van der Waals surface area contributed by atoms with Crippen LogP contribution >= 0.6 is 34.8 Å². The molecule has 3 unspecified atom stereocenters. The Balaban J connectivity index is 1.77. The monoisotopic (exact) mass is 316 g/mol. The van der Waals surface area contributed by atoms with Crippen molar-refractivity contribution in [1.82, 2.24) is 0 Å². The topological polar surface area (TPSA) is 17.1 Å². The molecule has 0 radical (unpaired) electrons. The van der Waals surface area contributed by atoms with Gasteiger partial charge >= 0.3 is 0 Å². The minimum Gasteiger partial charge on any atom is -0.294 e. The van der Waals surface area contributed by atoms with Crippen molar-refractivity contribution in [3.63, 3.8) is 0 Å². The SMILES string of the molecule is O=C(CC1CC2CCC1C2)c1c(Cl)cc(Cl)cc1Cl. The van der Waals surface area contributed by atoms with E-state index in [-0.39, 0.29) is 5.78 Å². The molecule has 2 aliphatic carbocycles. The zero-order chi connectivity index (χ0) is 13.6. The van der Waals surface area contributed by atoms with E-state index in [1.165, 1.54) is 25.7 Å². The molecule has 2 fully saturated rings. The molecule has 0 heterocycles. The van der Waals surface area contributed by atoms with Crippen molar-refractivity contribution in [1.29, 1.82) is 0 Å². The Bertz CT molecular complexity index is 503. The normalized spacial score (nSPS) is 28.9. The first-order valence-corrected chi connectivity index (χ1v) is 7.85. The van der Waals surface area contributed by atoms with E-state index < -0.39 is 0 Å². The van der Waals surface area contributed by atoms with E-state index in [1.807, 2.05) is 0 Å². The highest BCUT2D eigenvalue weighted by molar-refractivity contribution is 6.42. The second-order valence-corrected chi connectivity index (χ2v) is 7.06. The molecule has 102 valence electrons. The smallest absolute Gasteiger partial charge is 0.166 e. The minimum absolute atomic E-state index is 0.0595. The van der Waals surface area contributed by atoms with E-state index in [0.717, 1.165) is 11.8 Å². The van der Waals surface area contributed by atoms with Gasteiger partial charge in [0, 0.05) is 11.4 Å². The number of rotatable bonds is 3. The van der Waals surface area contributed by atoms with Gasteiger partial charge in [-0.25, -0.2) is 0 Å². The van der Waals surface area contributed by atoms with Crippen LogP contribution in [0.1, 0.15) is 42.5 Å². The molecule has 2 aliphatic rings. The lowest BCUT2D eigenvalue weighted by Gasteiger charge is -2.21. The fourth-order valence-corrected chi connectivity index (χ4v) is 4.80. The molecule has 2 bridgehead atoms. The summed E-state index contributed by atoms with van der Waals surface area (Å²) in [6.07, 6.45) is 5.70. The van der Waals surface area contributed by atoms with Crippen molar-refractivity contribution < 1.29 is 4.79 Å². The zero-order valence-electron chi connectivity index (χ0n) is 10.5. The van der Waals surface area contributed by atoms with Gasteiger partial charge < -0.3 is 0 Å². The Labute approximate surface area is 128 Å². The lowest BCUT2D eigenvalue weighted by Crippen LogP contribution is -2.15. The first-order valence-electron chi connectivity index (χ1n) is 6.72. The first kappa shape index (κ1) is 13.7. The number of hydrogen-bond donors (Lipinski definition) is 0. The van der Waals surface area contributed by atoms with Crippen LogP contribution in [0.5, 0.6) is 0 Å². The molecule has 1 nitrogen and oxygen atoms in total. The Morgan fingerprint density at radius 2 is 1.79 bits per heavy atom. The van der Waals surface area contributed by atoms with E-state index in [2.05, 4.69) is 0 Å². The molecule has 3 rings (SSSR count). The van der Waals surface area contributed by atoms with E-state index >= 15 is 0 Å². The lowest BCUT2D eigenvalue weighted by atomic mass is 9.84. The van der Waals surface area contributed by atoms with Gasteiger partial charge in [0.2, 0.25) is 0 Å². The van der Waals surface area contributed by atoms with Crippen molar-refractivity contribution >= 4 is 40.6 Å². The van der Waals surface area contributed by atoms with Crippen molar-refractivity contribution in [2.24, 2.45) is 17.8 Å². The highest BCUT2D eigenvalue weighted by Crippen LogP contribution is 2.50. The standard InChI is InChI=1S/C15H15Cl3O/c16-11-6-12(17)15(13(18)7-11)14(19)5-10-4-8-1-2-9(10)3-8/h6-10H,1-5H2. The Morgan fingerprint density at radius 1 is 1.11 bits per heavy atom. The summed E-state index contributed by atoms with van der Waals surface area (Å²) in [6, 6.07) is 3.17. The first-order chi connectivity index (χ1) is 9.04. The van der Waals surface area contributed by atoms with E-state index in [9.17, 15) is 4.79 Å². The van der Waals surface area contributed by atoms with Gasteiger partial charge in [0.1, 0.15) is 0 Å². The van der Waals surface area contributed by atoms with Crippen LogP contribution in [0.4, 0.5) is 0 Å². The Hall–Kier alpha value is -0.240. The van der Waals surface area contributed by atoms with Crippen LogP contribution in [0.3, 0.4) is 0 Å². The molecule has 4 heteroatoms. The zero-order valence-corrected chi connectivity index (χ0v) is 12.7. The molecule has 0 amide bonds. The second kappa shape index (κ2) is 5.27. The summed E-state index contributed by atoms with van der Waals surface area (Å²) in [6.45, 7) is 0. The fraction of sp³-hybridized carbons (Fsp3) is 0.533. The fourth-order valence-electron chi connectivity index (χ4n) is 3.78. The summed E-state index contributed by atoms with van der Waals surface area (Å²) in [4.78, 5) is 12.4.